The van der Waals surface area contributed by atoms with E-state index in [1.807, 2.05) is 6.92 Å². The van der Waals surface area contributed by atoms with E-state index in [2.05, 4.69) is 4.74 Å². The molecule has 0 amide bonds. The van der Waals surface area contributed by atoms with Crippen molar-refractivity contribution in [3.8, 4) is 5.75 Å². The molecule has 0 heterocycles. The summed E-state index contributed by atoms with van der Waals surface area (Å²) in [6, 6.07) is 2.01. The Morgan fingerprint density at radius 2 is 2.14 bits per heavy atom. The van der Waals surface area contributed by atoms with Crippen molar-refractivity contribution >= 4 is 11.7 Å². The van der Waals surface area contributed by atoms with Crippen molar-refractivity contribution < 1.29 is 23.6 Å². The van der Waals surface area contributed by atoms with Gasteiger partial charge in [-0.1, -0.05) is 13.3 Å². The molecule has 0 saturated heterocycles. The highest BCUT2D eigenvalue weighted by atomic mass is 19.1. The number of aryl methyl sites for hydroxylation is 1. The molecule has 1 aromatic carbocycles. The van der Waals surface area contributed by atoms with E-state index in [1.54, 1.807) is 0 Å². The number of carbonyl (C=O) groups is 1. The number of rotatable bonds is 7. The van der Waals surface area contributed by atoms with Crippen LogP contribution in [0, 0.1) is 22.9 Å². The van der Waals surface area contributed by atoms with E-state index in [9.17, 15) is 19.3 Å². The number of hydrogen-bond acceptors (Lipinski definition) is 5. The van der Waals surface area contributed by atoms with Gasteiger partial charge in [-0.05, 0) is 25.8 Å². The fraction of sp³-hybridized carbons (Fsp3) is 0.500. The fourth-order valence-electron chi connectivity index (χ4n) is 1.83. The Morgan fingerprint density at radius 1 is 1.48 bits per heavy atom. The molecule has 0 fully saturated rings. The summed E-state index contributed by atoms with van der Waals surface area (Å²) in [6.45, 7) is 3.43. The van der Waals surface area contributed by atoms with E-state index in [1.165, 1.54) is 20.1 Å². The summed E-state index contributed by atoms with van der Waals surface area (Å²) in [5.74, 6) is -1.67. The number of methoxy groups -OCH3 is 1. The van der Waals surface area contributed by atoms with Crippen LogP contribution in [0.15, 0.2) is 12.1 Å². The Labute approximate surface area is 122 Å². The van der Waals surface area contributed by atoms with Crippen molar-refractivity contribution in [1.29, 1.82) is 0 Å². The topological polar surface area (TPSA) is 78.7 Å². The van der Waals surface area contributed by atoms with Crippen LogP contribution in [0.2, 0.25) is 0 Å². The van der Waals surface area contributed by atoms with Gasteiger partial charge in [-0.25, -0.2) is 9.18 Å². The highest BCUT2D eigenvalue weighted by molar-refractivity contribution is 5.75. The molecule has 1 rings (SSSR count). The minimum atomic E-state index is -0.926. The lowest BCUT2D eigenvalue weighted by Crippen LogP contribution is -2.29. The minimum Gasteiger partial charge on any atom is -0.476 e. The van der Waals surface area contributed by atoms with Crippen LogP contribution in [0.25, 0.3) is 0 Å². The predicted molar refractivity (Wildman–Crippen MR) is 73.7 cm³/mol. The van der Waals surface area contributed by atoms with Crippen LogP contribution >= 0.6 is 0 Å². The first-order valence-electron chi connectivity index (χ1n) is 6.59. The summed E-state index contributed by atoms with van der Waals surface area (Å²) >= 11 is 0. The summed E-state index contributed by atoms with van der Waals surface area (Å²) in [6.07, 6.45) is 1.02. The molecule has 0 saturated carbocycles. The second-order valence-electron chi connectivity index (χ2n) is 4.60. The summed E-state index contributed by atoms with van der Waals surface area (Å²) in [5.41, 5.74) is -0.0708. The third-order valence-corrected chi connectivity index (χ3v) is 3.00. The number of unbranched alkanes of at least 4 members (excludes halogenated alkanes) is 1. The SMILES string of the molecule is CCCCC(Oc1cc(C)c([N+](=O)[O-])cc1F)C(=O)OC. The number of nitrogens with zero attached hydrogens (tertiary/aromatic N) is 1. The molecule has 0 aliphatic rings. The van der Waals surface area contributed by atoms with Crippen molar-refractivity contribution in [2.45, 2.75) is 39.2 Å². The molecule has 0 aromatic heterocycles. The maximum absolute atomic E-state index is 13.9. The van der Waals surface area contributed by atoms with Crippen molar-refractivity contribution in [2.75, 3.05) is 7.11 Å². The smallest absolute Gasteiger partial charge is 0.347 e. The van der Waals surface area contributed by atoms with Gasteiger partial charge in [-0.3, -0.25) is 10.1 Å². The van der Waals surface area contributed by atoms with Crippen LogP contribution in [0.5, 0.6) is 5.75 Å². The zero-order valence-electron chi connectivity index (χ0n) is 12.2. The first-order chi connectivity index (χ1) is 9.90. The van der Waals surface area contributed by atoms with Crippen LogP contribution in [-0.4, -0.2) is 24.1 Å². The van der Waals surface area contributed by atoms with Crippen LogP contribution in [0.4, 0.5) is 10.1 Å². The van der Waals surface area contributed by atoms with Crippen LogP contribution in [0.1, 0.15) is 31.7 Å². The number of esters is 1. The number of hydrogen-bond donors (Lipinski definition) is 0. The van der Waals surface area contributed by atoms with Crippen molar-refractivity contribution in [3.05, 3.63) is 33.6 Å². The van der Waals surface area contributed by atoms with Gasteiger partial charge >= 0.3 is 5.97 Å². The van der Waals surface area contributed by atoms with Gasteiger partial charge in [0.1, 0.15) is 0 Å². The van der Waals surface area contributed by atoms with Gasteiger partial charge in [0.15, 0.2) is 17.7 Å². The predicted octanol–water partition coefficient (Wildman–Crippen LogP) is 3.15. The molecule has 0 aliphatic heterocycles. The molecular formula is C14H18FNO5. The average Bonchev–Trinajstić information content (AvgIpc) is 2.45. The fourth-order valence-corrected chi connectivity index (χ4v) is 1.83. The summed E-state index contributed by atoms with van der Waals surface area (Å²) in [4.78, 5) is 21.7. The van der Waals surface area contributed by atoms with Gasteiger partial charge in [-0.15, -0.1) is 0 Å². The first kappa shape index (κ1) is 16.9. The zero-order chi connectivity index (χ0) is 16.0. The second kappa shape index (κ2) is 7.56. The highest BCUT2D eigenvalue weighted by Gasteiger charge is 2.24. The van der Waals surface area contributed by atoms with E-state index < -0.39 is 22.8 Å². The van der Waals surface area contributed by atoms with E-state index in [0.717, 1.165) is 12.5 Å². The van der Waals surface area contributed by atoms with E-state index in [-0.39, 0.29) is 17.0 Å². The largest absolute Gasteiger partial charge is 0.476 e. The molecule has 0 bridgehead atoms. The lowest BCUT2D eigenvalue weighted by atomic mass is 10.1. The molecule has 0 N–H and O–H groups in total. The van der Waals surface area contributed by atoms with E-state index in [4.69, 9.17) is 4.74 Å². The Hall–Kier alpha value is -2.18. The maximum atomic E-state index is 13.9. The van der Waals surface area contributed by atoms with Gasteiger partial charge < -0.3 is 9.47 Å². The monoisotopic (exact) mass is 299 g/mol. The highest BCUT2D eigenvalue weighted by Crippen LogP contribution is 2.28. The molecule has 1 aromatic rings. The second-order valence-corrected chi connectivity index (χ2v) is 4.60. The summed E-state index contributed by atoms with van der Waals surface area (Å²) in [7, 11) is 1.22. The van der Waals surface area contributed by atoms with Crippen LogP contribution < -0.4 is 4.74 Å². The number of benzene rings is 1. The van der Waals surface area contributed by atoms with Gasteiger partial charge in [0.25, 0.3) is 5.69 Å². The Balaban J connectivity index is 3.00. The Morgan fingerprint density at radius 3 is 2.67 bits per heavy atom. The van der Waals surface area contributed by atoms with Gasteiger partial charge in [0.2, 0.25) is 0 Å². The lowest BCUT2D eigenvalue weighted by molar-refractivity contribution is -0.385. The van der Waals surface area contributed by atoms with Gasteiger partial charge in [-0.2, -0.15) is 0 Å². The Kier molecular flexibility index (Phi) is 6.08. The molecular weight excluding hydrogens is 281 g/mol. The molecule has 0 radical (unpaired) electrons. The molecule has 6 nitrogen and oxygen atoms in total. The van der Waals surface area contributed by atoms with E-state index >= 15 is 0 Å². The number of halogens is 1. The average molecular weight is 299 g/mol. The standard InChI is InChI=1S/C14H18FNO5/c1-4-5-6-12(14(17)20-3)21-13-7-9(2)11(16(18)19)8-10(13)15/h7-8,12H,4-6H2,1-3H3. The normalized spacial score (nSPS) is 11.8. The summed E-state index contributed by atoms with van der Waals surface area (Å²) in [5, 5.41) is 10.7. The number of nitro groups is 1. The summed E-state index contributed by atoms with van der Waals surface area (Å²) < 4.78 is 23.8. The third-order valence-electron chi connectivity index (χ3n) is 3.00. The zero-order valence-corrected chi connectivity index (χ0v) is 12.2. The van der Waals surface area contributed by atoms with Crippen molar-refractivity contribution in [1.82, 2.24) is 0 Å². The minimum absolute atomic E-state index is 0.190. The lowest BCUT2D eigenvalue weighted by Gasteiger charge is -2.17. The molecule has 1 unspecified atom stereocenters. The molecule has 116 valence electrons. The van der Waals surface area contributed by atoms with Crippen LogP contribution in [-0.2, 0) is 9.53 Å². The number of carbonyl (C=O) groups excluding carboxylic acids is 1. The third kappa shape index (κ3) is 4.40. The molecule has 21 heavy (non-hydrogen) atoms. The first-order valence-corrected chi connectivity index (χ1v) is 6.59. The van der Waals surface area contributed by atoms with E-state index in [0.29, 0.717) is 12.8 Å². The molecule has 0 spiro atoms. The van der Waals surface area contributed by atoms with Gasteiger partial charge in [0, 0.05) is 5.56 Å². The van der Waals surface area contributed by atoms with Gasteiger partial charge in [0.05, 0.1) is 18.1 Å². The van der Waals surface area contributed by atoms with Crippen molar-refractivity contribution in [2.24, 2.45) is 0 Å². The molecule has 0 aliphatic carbocycles. The molecule has 7 heteroatoms. The number of nitro benzene ring substituents is 1. The quantitative estimate of drug-likeness (QED) is 0.439. The Bertz CT molecular complexity index is 532. The van der Waals surface area contributed by atoms with Crippen molar-refractivity contribution in [3.63, 3.8) is 0 Å². The molecule has 1 atom stereocenters. The van der Waals surface area contributed by atoms with Crippen LogP contribution in [0.3, 0.4) is 0 Å². The maximum Gasteiger partial charge on any atom is 0.347 e. The number of ether oxygens (including phenoxy) is 2.